The molecule has 2 amide bonds. The molecule has 0 unspecified atom stereocenters. The standard InChI is InChI=1S/C32H33Cl2N5O4/c1-32(31(36)41)15-43-29-23(32)12-25(39-28(29)21-8-5-19(33)11-24(21)34)22(16-3-4-16)14-38-30(40)17-9-18(13-37-20-6-7-20)27(35)26(10-17)42-2/h5,8-13,16,20,22H,3-4,6-7,14-15,35H2,1-2H3,(H2,36,41)(H,38,40)/t22-,32-/m0/s1. The molecule has 0 bridgehead atoms. The molecule has 1 aliphatic heterocycles. The third-order valence-electron chi connectivity index (χ3n) is 8.50. The van der Waals surface area contributed by atoms with Crippen molar-refractivity contribution in [1.29, 1.82) is 0 Å². The summed E-state index contributed by atoms with van der Waals surface area (Å²) in [6.45, 7) is 2.19. The minimum atomic E-state index is -1.04. The molecule has 3 aliphatic rings. The van der Waals surface area contributed by atoms with Gasteiger partial charge < -0.3 is 26.3 Å². The highest BCUT2D eigenvalue weighted by atomic mass is 35.5. The fraction of sp³-hybridized carbons (Fsp3) is 0.375. The Morgan fingerprint density at radius 1 is 1.21 bits per heavy atom. The molecule has 2 fully saturated rings. The van der Waals surface area contributed by atoms with Crippen molar-refractivity contribution in [2.45, 2.75) is 50.0 Å². The van der Waals surface area contributed by atoms with Crippen molar-refractivity contribution in [3.63, 3.8) is 0 Å². The van der Waals surface area contributed by atoms with Crippen LogP contribution in [0.2, 0.25) is 10.0 Å². The van der Waals surface area contributed by atoms with Crippen LogP contribution in [0.4, 0.5) is 5.69 Å². The van der Waals surface area contributed by atoms with Crippen LogP contribution >= 0.6 is 23.2 Å². The Bertz CT molecular complexity index is 1650. The number of hydrogen-bond acceptors (Lipinski definition) is 7. The van der Waals surface area contributed by atoms with Crippen LogP contribution < -0.4 is 26.3 Å². The molecule has 0 saturated heterocycles. The number of nitrogens with one attached hydrogen (secondary N) is 1. The number of nitrogens with two attached hydrogens (primary N) is 2. The summed E-state index contributed by atoms with van der Waals surface area (Å²) in [5.74, 6) is 0.317. The normalized spacial score (nSPS) is 20.0. The number of primary amides is 1. The van der Waals surface area contributed by atoms with E-state index in [0.717, 1.165) is 31.4 Å². The van der Waals surface area contributed by atoms with E-state index >= 15 is 0 Å². The molecule has 5 N–H and O–H groups in total. The van der Waals surface area contributed by atoms with E-state index in [-0.39, 0.29) is 18.4 Å². The highest BCUT2D eigenvalue weighted by molar-refractivity contribution is 6.36. The largest absolute Gasteiger partial charge is 0.495 e. The van der Waals surface area contributed by atoms with Crippen molar-refractivity contribution in [2.75, 3.05) is 26.0 Å². The molecule has 2 heterocycles. The highest BCUT2D eigenvalue weighted by Crippen LogP contribution is 2.49. The maximum atomic E-state index is 13.5. The zero-order valence-corrected chi connectivity index (χ0v) is 25.5. The molecule has 43 heavy (non-hydrogen) atoms. The highest BCUT2D eigenvalue weighted by Gasteiger charge is 2.45. The Labute approximate surface area is 260 Å². The smallest absolute Gasteiger partial charge is 0.251 e. The third kappa shape index (κ3) is 5.76. The van der Waals surface area contributed by atoms with Crippen LogP contribution in [0, 0.1) is 5.92 Å². The van der Waals surface area contributed by atoms with Gasteiger partial charge in [-0.1, -0.05) is 23.2 Å². The topological polar surface area (TPSA) is 142 Å². The number of amides is 2. The number of hydrogen-bond donors (Lipinski definition) is 3. The number of pyridine rings is 1. The van der Waals surface area contributed by atoms with Crippen LogP contribution in [0.15, 0.2) is 41.4 Å². The maximum absolute atomic E-state index is 13.5. The average molecular weight is 623 g/mol. The average Bonchev–Trinajstić information content (AvgIpc) is 3.92. The summed E-state index contributed by atoms with van der Waals surface area (Å²) in [6.07, 6.45) is 5.83. The molecular formula is C32H33Cl2N5O4. The lowest BCUT2D eigenvalue weighted by Gasteiger charge is -2.22. The predicted molar refractivity (Wildman–Crippen MR) is 168 cm³/mol. The summed E-state index contributed by atoms with van der Waals surface area (Å²) < 4.78 is 11.5. The zero-order chi connectivity index (χ0) is 30.5. The lowest BCUT2D eigenvalue weighted by Crippen LogP contribution is -2.40. The SMILES string of the molecule is COc1cc(C(=O)NC[C@H](c2cc3c(c(-c4ccc(Cl)cc4Cl)n2)OC[C@]3(C)C(N)=O)C2CC2)cc(C=NC2CC2)c1N. The Balaban J connectivity index is 1.34. The number of carbonyl (C=O) groups excluding carboxylic acids is 2. The molecule has 9 nitrogen and oxygen atoms in total. The molecule has 3 aromatic rings. The van der Waals surface area contributed by atoms with Crippen LogP contribution in [-0.2, 0) is 10.2 Å². The lowest BCUT2D eigenvalue weighted by atomic mass is 9.82. The number of benzene rings is 2. The minimum Gasteiger partial charge on any atom is -0.495 e. The first-order valence-corrected chi connectivity index (χ1v) is 15.1. The van der Waals surface area contributed by atoms with E-state index in [1.54, 1.807) is 43.5 Å². The Morgan fingerprint density at radius 3 is 2.63 bits per heavy atom. The van der Waals surface area contributed by atoms with Gasteiger partial charge >= 0.3 is 0 Å². The number of anilines is 1. The van der Waals surface area contributed by atoms with E-state index in [0.29, 0.717) is 73.7 Å². The Hall–Kier alpha value is -3.82. The predicted octanol–water partition coefficient (Wildman–Crippen LogP) is 5.29. The van der Waals surface area contributed by atoms with E-state index in [1.165, 1.54) is 7.11 Å². The minimum absolute atomic E-state index is 0.0944. The maximum Gasteiger partial charge on any atom is 0.251 e. The van der Waals surface area contributed by atoms with Gasteiger partial charge in [0.05, 0.1) is 23.9 Å². The quantitative estimate of drug-likeness (QED) is 0.207. The summed E-state index contributed by atoms with van der Waals surface area (Å²) in [4.78, 5) is 35.7. The number of aromatic nitrogens is 1. The number of carbonyl (C=O) groups is 2. The summed E-state index contributed by atoms with van der Waals surface area (Å²) in [5.41, 5.74) is 15.1. The van der Waals surface area contributed by atoms with E-state index in [2.05, 4.69) is 10.3 Å². The van der Waals surface area contributed by atoms with Crippen LogP contribution in [0.3, 0.4) is 0 Å². The third-order valence-corrected chi connectivity index (χ3v) is 9.05. The summed E-state index contributed by atoms with van der Waals surface area (Å²) in [5, 5.41) is 3.99. The van der Waals surface area contributed by atoms with Gasteiger partial charge in [-0.25, -0.2) is 4.98 Å². The van der Waals surface area contributed by atoms with Gasteiger partial charge in [0, 0.05) is 51.6 Å². The van der Waals surface area contributed by atoms with Crippen LogP contribution in [-0.4, -0.2) is 49.3 Å². The monoisotopic (exact) mass is 621 g/mol. The number of nitrogens with zero attached hydrogens (tertiary/aromatic N) is 2. The summed E-state index contributed by atoms with van der Waals surface area (Å²) >= 11 is 12.8. The Morgan fingerprint density at radius 2 is 1.98 bits per heavy atom. The van der Waals surface area contributed by atoms with E-state index in [9.17, 15) is 9.59 Å². The second kappa shape index (κ2) is 11.4. The first kappa shape index (κ1) is 29.3. The molecule has 2 aromatic carbocycles. The molecule has 1 aromatic heterocycles. The zero-order valence-electron chi connectivity index (χ0n) is 24.0. The van der Waals surface area contributed by atoms with E-state index in [1.807, 2.05) is 6.07 Å². The fourth-order valence-electron chi connectivity index (χ4n) is 5.44. The van der Waals surface area contributed by atoms with Gasteiger partial charge in [0.1, 0.15) is 29.2 Å². The molecule has 2 atom stereocenters. The van der Waals surface area contributed by atoms with Crippen LogP contribution in [0.25, 0.3) is 11.3 Å². The van der Waals surface area contributed by atoms with Gasteiger partial charge in [0.15, 0.2) is 0 Å². The van der Waals surface area contributed by atoms with Crippen molar-refractivity contribution in [3.05, 3.63) is 68.8 Å². The molecule has 6 rings (SSSR count). The van der Waals surface area contributed by atoms with Crippen molar-refractivity contribution < 1.29 is 19.1 Å². The van der Waals surface area contributed by atoms with E-state index < -0.39 is 11.3 Å². The van der Waals surface area contributed by atoms with Crippen LogP contribution in [0.5, 0.6) is 11.5 Å². The molecule has 0 spiro atoms. The van der Waals surface area contributed by atoms with Crippen molar-refractivity contribution >= 4 is 46.9 Å². The molecule has 2 saturated carbocycles. The van der Waals surface area contributed by atoms with Gasteiger partial charge in [-0.3, -0.25) is 14.6 Å². The van der Waals surface area contributed by atoms with Crippen molar-refractivity contribution in [1.82, 2.24) is 10.3 Å². The van der Waals surface area contributed by atoms with Crippen molar-refractivity contribution in [3.8, 4) is 22.8 Å². The number of halogens is 2. The van der Waals surface area contributed by atoms with Gasteiger partial charge in [0.2, 0.25) is 5.91 Å². The Kier molecular flexibility index (Phi) is 7.73. The first-order valence-electron chi connectivity index (χ1n) is 14.3. The van der Waals surface area contributed by atoms with Crippen molar-refractivity contribution in [2.24, 2.45) is 16.6 Å². The number of rotatable bonds is 10. The number of nitrogen functional groups attached to an aromatic ring is 1. The van der Waals surface area contributed by atoms with E-state index in [4.69, 9.17) is 49.1 Å². The molecule has 2 aliphatic carbocycles. The number of methoxy groups -OCH3 is 1. The van der Waals surface area contributed by atoms with Gasteiger partial charge in [-0.2, -0.15) is 0 Å². The molecule has 11 heteroatoms. The van der Waals surface area contributed by atoms with Gasteiger partial charge in [0.25, 0.3) is 5.91 Å². The number of ether oxygens (including phenoxy) is 2. The van der Waals surface area contributed by atoms with Gasteiger partial charge in [-0.05, 0) is 74.9 Å². The molecule has 0 radical (unpaired) electrons. The second-order valence-corrected chi connectivity index (χ2v) is 12.6. The number of fused-ring (bicyclic) bond motifs is 1. The fourth-order valence-corrected chi connectivity index (χ4v) is 5.94. The molecule has 224 valence electrons. The first-order chi connectivity index (χ1) is 20.6. The lowest BCUT2D eigenvalue weighted by molar-refractivity contribution is -0.123. The molecular weight excluding hydrogens is 589 g/mol. The summed E-state index contributed by atoms with van der Waals surface area (Å²) in [6, 6.07) is 10.7. The summed E-state index contributed by atoms with van der Waals surface area (Å²) in [7, 11) is 1.52. The number of aliphatic imine (C=N–C) groups is 1. The second-order valence-electron chi connectivity index (χ2n) is 11.7. The van der Waals surface area contributed by atoms with Crippen LogP contribution in [0.1, 0.15) is 65.7 Å². The van der Waals surface area contributed by atoms with Gasteiger partial charge in [-0.15, -0.1) is 0 Å².